The van der Waals surface area contributed by atoms with Crippen LogP contribution in [0.1, 0.15) is 20.8 Å². The van der Waals surface area contributed by atoms with E-state index in [9.17, 15) is 13.2 Å². The summed E-state index contributed by atoms with van der Waals surface area (Å²) in [6.45, 7) is 4.86. The van der Waals surface area contributed by atoms with Crippen LogP contribution in [0.4, 0.5) is 0 Å². The number of carbonyl (C=O) groups is 1. The van der Waals surface area contributed by atoms with Crippen LogP contribution in [-0.2, 0) is 14.6 Å². The van der Waals surface area contributed by atoms with E-state index in [4.69, 9.17) is 4.74 Å². The lowest BCUT2D eigenvalue weighted by molar-refractivity contribution is -0.122. The van der Waals surface area contributed by atoms with Gasteiger partial charge in [0.05, 0.1) is 10.5 Å². The van der Waals surface area contributed by atoms with Gasteiger partial charge in [0.2, 0.25) is 0 Å². The van der Waals surface area contributed by atoms with Gasteiger partial charge < -0.3 is 10.1 Å². The fourth-order valence-electron chi connectivity index (χ4n) is 1.36. The van der Waals surface area contributed by atoms with Crippen molar-refractivity contribution in [3.63, 3.8) is 0 Å². The maximum atomic E-state index is 11.9. The topological polar surface area (TPSA) is 72.5 Å². The second-order valence-electron chi connectivity index (χ2n) is 5.52. The third-order valence-electron chi connectivity index (χ3n) is 2.81. The molecule has 7 heteroatoms. The normalized spacial score (nSPS) is 12.0. The number of hydrogen-bond donors (Lipinski definition) is 1. The molecule has 0 saturated carbocycles. The van der Waals surface area contributed by atoms with Crippen LogP contribution in [0.25, 0.3) is 0 Å². The molecular weight excluding hydrogens is 358 g/mol. The Morgan fingerprint density at radius 1 is 1.24 bits per heavy atom. The monoisotopic (exact) mass is 377 g/mol. The summed E-state index contributed by atoms with van der Waals surface area (Å²) >= 11 is 3.30. The summed E-state index contributed by atoms with van der Waals surface area (Å²) in [5.74, 6) is 0.151. The lowest BCUT2D eigenvalue weighted by atomic mass is 10.3. The van der Waals surface area contributed by atoms with E-state index in [1.165, 1.54) is 0 Å². The van der Waals surface area contributed by atoms with Crippen LogP contribution in [0.3, 0.4) is 0 Å². The molecule has 0 spiro atoms. The first-order chi connectivity index (χ1) is 9.62. The van der Waals surface area contributed by atoms with Crippen LogP contribution < -0.4 is 10.1 Å². The van der Waals surface area contributed by atoms with E-state index in [0.717, 1.165) is 4.47 Å². The largest absolute Gasteiger partial charge is 0.484 e. The second-order valence-corrected chi connectivity index (χ2v) is 9.30. The average molecular weight is 378 g/mol. The van der Waals surface area contributed by atoms with Gasteiger partial charge in [0.15, 0.2) is 16.4 Å². The molecule has 0 heterocycles. The van der Waals surface area contributed by atoms with E-state index < -0.39 is 14.6 Å². The molecule has 0 aromatic heterocycles. The number of benzene rings is 1. The first kappa shape index (κ1) is 18.0. The predicted molar refractivity (Wildman–Crippen MR) is 86.2 cm³/mol. The fraction of sp³-hybridized carbons (Fsp3) is 0.500. The van der Waals surface area contributed by atoms with Crippen LogP contribution in [-0.4, -0.2) is 38.0 Å². The highest BCUT2D eigenvalue weighted by molar-refractivity contribution is 9.10. The molecule has 0 bridgehead atoms. The van der Waals surface area contributed by atoms with E-state index >= 15 is 0 Å². The van der Waals surface area contributed by atoms with Gasteiger partial charge in [0, 0.05) is 11.0 Å². The van der Waals surface area contributed by atoms with Crippen molar-refractivity contribution in [2.24, 2.45) is 0 Å². The molecule has 0 unspecified atom stereocenters. The molecular formula is C14H20BrNO4S. The van der Waals surface area contributed by atoms with Gasteiger partial charge in [0.25, 0.3) is 5.91 Å². The summed E-state index contributed by atoms with van der Waals surface area (Å²) in [6, 6.07) is 7.09. The maximum absolute atomic E-state index is 11.9. The first-order valence-corrected chi connectivity index (χ1v) is 8.94. The van der Waals surface area contributed by atoms with Gasteiger partial charge in [-0.15, -0.1) is 0 Å². The standard InChI is InChI=1S/C14H20BrNO4S/c1-14(2,3)21(18,19)9-8-16-13(17)10-20-12-6-4-11(15)5-7-12/h4-7H,8-10H2,1-3H3,(H,16,17). The zero-order valence-corrected chi connectivity index (χ0v) is 14.8. The van der Waals surface area contributed by atoms with E-state index in [0.29, 0.717) is 5.75 Å². The van der Waals surface area contributed by atoms with E-state index in [1.54, 1.807) is 32.9 Å². The fourth-order valence-corrected chi connectivity index (χ4v) is 2.61. The van der Waals surface area contributed by atoms with Crippen molar-refractivity contribution in [1.82, 2.24) is 5.32 Å². The average Bonchev–Trinajstić information content (AvgIpc) is 2.36. The molecule has 1 aromatic carbocycles. The van der Waals surface area contributed by atoms with Crippen molar-refractivity contribution < 1.29 is 17.9 Å². The smallest absolute Gasteiger partial charge is 0.257 e. The molecule has 0 fully saturated rings. The summed E-state index contributed by atoms with van der Waals surface area (Å²) in [5.41, 5.74) is 0. The summed E-state index contributed by atoms with van der Waals surface area (Å²) < 4.78 is 29.1. The Bertz CT molecular complexity index is 576. The number of ether oxygens (including phenoxy) is 1. The summed E-state index contributed by atoms with van der Waals surface area (Å²) in [5, 5.41) is 2.54. The SMILES string of the molecule is CC(C)(C)S(=O)(=O)CCNC(=O)COc1ccc(Br)cc1. The quantitative estimate of drug-likeness (QED) is 0.824. The number of hydrogen-bond acceptors (Lipinski definition) is 4. The Balaban J connectivity index is 2.34. The molecule has 1 amide bonds. The Labute approximate surface area is 134 Å². The molecule has 0 aliphatic heterocycles. The van der Waals surface area contributed by atoms with Crippen LogP contribution in [0, 0.1) is 0 Å². The molecule has 21 heavy (non-hydrogen) atoms. The zero-order valence-electron chi connectivity index (χ0n) is 12.3. The third-order valence-corrected chi connectivity index (χ3v) is 5.95. The minimum absolute atomic E-state index is 0.0828. The van der Waals surface area contributed by atoms with Gasteiger partial charge in [-0.25, -0.2) is 8.42 Å². The number of sulfone groups is 1. The molecule has 1 rings (SSSR count). The van der Waals surface area contributed by atoms with Gasteiger partial charge in [-0.05, 0) is 45.0 Å². The van der Waals surface area contributed by atoms with Crippen LogP contribution in [0.15, 0.2) is 28.7 Å². The van der Waals surface area contributed by atoms with E-state index in [2.05, 4.69) is 21.2 Å². The van der Waals surface area contributed by atoms with E-state index in [-0.39, 0.29) is 24.8 Å². The molecule has 0 atom stereocenters. The lowest BCUT2D eigenvalue weighted by Gasteiger charge is -2.19. The maximum Gasteiger partial charge on any atom is 0.257 e. The Kier molecular flexibility index (Phi) is 6.22. The lowest BCUT2D eigenvalue weighted by Crippen LogP contribution is -2.37. The number of carbonyl (C=O) groups excluding carboxylic acids is 1. The zero-order chi connectivity index (χ0) is 16.1. The Morgan fingerprint density at radius 2 is 1.81 bits per heavy atom. The van der Waals surface area contributed by atoms with Crippen LogP contribution >= 0.6 is 15.9 Å². The van der Waals surface area contributed by atoms with Gasteiger partial charge in [-0.1, -0.05) is 15.9 Å². The molecule has 0 aliphatic rings. The molecule has 5 nitrogen and oxygen atoms in total. The van der Waals surface area contributed by atoms with Gasteiger partial charge >= 0.3 is 0 Å². The third kappa shape index (κ3) is 6.05. The molecule has 0 radical (unpaired) electrons. The number of halogens is 1. The number of amides is 1. The molecule has 118 valence electrons. The Hall–Kier alpha value is -1.08. The predicted octanol–water partition coefficient (Wildman–Crippen LogP) is 2.16. The Morgan fingerprint density at radius 3 is 2.33 bits per heavy atom. The molecule has 0 saturated heterocycles. The highest BCUT2D eigenvalue weighted by Gasteiger charge is 2.28. The van der Waals surface area contributed by atoms with Gasteiger partial charge in [-0.2, -0.15) is 0 Å². The molecule has 1 N–H and O–H groups in total. The molecule has 0 aliphatic carbocycles. The van der Waals surface area contributed by atoms with Crippen molar-refractivity contribution in [1.29, 1.82) is 0 Å². The summed E-state index contributed by atoms with van der Waals surface area (Å²) in [7, 11) is -3.23. The van der Waals surface area contributed by atoms with Crippen LogP contribution in [0.5, 0.6) is 5.75 Å². The number of rotatable bonds is 6. The number of nitrogens with one attached hydrogen (secondary N) is 1. The minimum Gasteiger partial charge on any atom is -0.484 e. The minimum atomic E-state index is -3.23. The van der Waals surface area contributed by atoms with Crippen molar-refractivity contribution >= 4 is 31.7 Å². The summed E-state index contributed by atoms with van der Waals surface area (Å²) in [4.78, 5) is 11.6. The van der Waals surface area contributed by atoms with Crippen molar-refractivity contribution in [2.75, 3.05) is 18.9 Å². The highest BCUT2D eigenvalue weighted by Crippen LogP contribution is 2.16. The van der Waals surface area contributed by atoms with Gasteiger partial charge in [0.1, 0.15) is 5.75 Å². The summed E-state index contributed by atoms with van der Waals surface area (Å²) in [6.07, 6.45) is 0. The van der Waals surface area contributed by atoms with Crippen molar-refractivity contribution in [3.8, 4) is 5.75 Å². The van der Waals surface area contributed by atoms with Crippen molar-refractivity contribution in [2.45, 2.75) is 25.5 Å². The first-order valence-electron chi connectivity index (χ1n) is 6.49. The van der Waals surface area contributed by atoms with Crippen molar-refractivity contribution in [3.05, 3.63) is 28.7 Å². The second kappa shape index (κ2) is 7.26. The van der Waals surface area contributed by atoms with Gasteiger partial charge in [-0.3, -0.25) is 4.79 Å². The molecule has 1 aromatic rings. The van der Waals surface area contributed by atoms with Crippen LogP contribution in [0.2, 0.25) is 0 Å². The van der Waals surface area contributed by atoms with E-state index in [1.807, 2.05) is 12.1 Å². The highest BCUT2D eigenvalue weighted by atomic mass is 79.9.